The zero-order chi connectivity index (χ0) is 19.6. The molecular formula is C20H22FN3OS2. The van der Waals surface area contributed by atoms with Crippen molar-refractivity contribution in [2.75, 3.05) is 18.0 Å². The molecule has 0 saturated heterocycles. The number of anilines is 1. The second kappa shape index (κ2) is 8.19. The van der Waals surface area contributed by atoms with Crippen molar-refractivity contribution in [3.63, 3.8) is 0 Å². The van der Waals surface area contributed by atoms with Crippen LogP contribution < -0.4 is 10.2 Å². The summed E-state index contributed by atoms with van der Waals surface area (Å²) >= 11 is 7.18. The fraction of sp³-hybridized carbons (Fsp3) is 0.300. The van der Waals surface area contributed by atoms with E-state index < -0.39 is 0 Å². The highest BCUT2D eigenvalue weighted by Crippen LogP contribution is 2.36. The van der Waals surface area contributed by atoms with Gasteiger partial charge in [-0.2, -0.15) is 0 Å². The van der Waals surface area contributed by atoms with E-state index in [2.05, 4.69) is 5.32 Å². The molecule has 1 aromatic carbocycles. The first kappa shape index (κ1) is 19.5. The Kier molecular flexibility index (Phi) is 5.92. The van der Waals surface area contributed by atoms with E-state index in [9.17, 15) is 9.18 Å². The molecule has 0 saturated carbocycles. The summed E-state index contributed by atoms with van der Waals surface area (Å²) in [6.07, 6.45) is 0. The third-order valence-corrected chi connectivity index (χ3v) is 5.92. The van der Waals surface area contributed by atoms with Gasteiger partial charge in [0.25, 0.3) is 5.91 Å². The molecule has 1 atom stereocenters. The number of halogens is 1. The fourth-order valence-electron chi connectivity index (χ4n) is 3.27. The van der Waals surface area contributed by atoms with Crippen molar-refractivity contribution in [1.29, 1.82) is 0 Å². The molecule has 27 heavy (non-hydrogen) atoms. The van der Waals surface area contributed by atoms with Crippen LogP contribution in [0.4, 0.5) is 10.1 Å². The molecule has 2 aromatic rings. The molecule has 1 aromatic heterocycles. The molecule has 0 fully saturated rings. The average Bonchev–Trinajstić information content (AvgIpc) is 3.18. The smallest absolute Gasteiger partial charge is 0.254 e. The maximum absolute atomic E-state index is 13.4. The van der Waals surface area contributed by atoms with E-state index in [1.54, 1.807) is 33.3 Å². The predicted octanol–water partition coefficient (Wildman–Crippen LogP) is 4.47. The lowest BCUT2D eigenvalue weighted by molar-refractivity contribution is -0.127. The number of benzene rings is 1. The van der Waals surface area contributed by atoms with Crippen molar-refractivity contribution in [2.45, 2.75) is 26.8 Å². The molecule has 3 rings (SSSR count). The SMILES string of the molecule is CCN(CC)C(=O)C1=C(C)N(c2ccc(F)cc2)C(=S)N[C@@H]1c1cccs1. The molecule has 0 radical (unpaired) electrons. The van der Waals surface area contributed by atoms with Crippen LogP contribution in [-0.4, -0.2) is 29.0 Å². The molecule has 2 heterocycles. The fourth-order valence-corrected chi connectivity index (χ4v) is 4.42. The van der Waals surface area contributed by atoms with Crippen LogP contribution in [0, 0.1) is 5.82 Å². The number of hydrogen-bond donors (Lipinski definition) is 1. The average molecular weight is 404 g/mol. The van der Waals surface area contributed by atoms with Crippen LogP contribution in [0.2, 0.25) is 0 Å². The lowest BCUT2D eigenvalue weighted by Crippen LogP contribution is -2.49. The number of carbonyl (C=O) groups excluding carboxylic acids is 1. The van der Waals surface area contributed by atoms with Gasteiger partial charge < -0.3 is 10.2 Å². The summed E-state index contributed by atoms with van der Waals surface area (Å²) in [5, 5.41) is 5.80. The van der Waals surface area contributed by atoms with E-state index in [4.69, 9.17) is 12.2 Å². The monoisotopic (exact) mass is 403 g/mol. The Bertz CT molecular complexity index is 858. The summed E-state index contributed by atoms with van der Waals surface area (Å²) in [4.78, 5) is 18.0. The van der Waals surface area contributed by atoms with Gasteiger partial charge >= 0.3 is 0 Å². The normalized spacial score (nSPS) is 17.1. The van der Waals surface area contributed by atoms with E-state index in [1.165, 1.54) is 12.1 Å². The number of allylic oxidation sites excluding steroid dienone is 1. The van der Waals surface area contributed by atoms with E-state index >= 15 is 0 Å². The van der Waals surface area contributed by atoms with Gasteiger partial charge in [-0.25, -0.2) is 4.39 Å². The summed E-state index contributed by atoms with van der Waals surface area (Å²) < 4.78 is 13.4. The second-order valence-corrected chi connectivity index (χ2v) is 7.55. The Hall–Kier alpha value is -2.25. The predicted molar refractivity (Wildman–Crippen MR) is 112 cm³/mol. The van der Waals surface area contributed by atoms with Crippen LogP contribution in [0.15, 0.2) is 53.0 Å². The van der Waals surface area contributed by atoms with Crippen LogP contribution in [0.3, 0.4) is 0 Å². The summed E-state index contributed by atoms with van der Waals surface area (Å²) in [5.74, 6) is -0.329. The number of carbonyl (C=O) groups is 1. The van der Waals surface area contributed by atoms with Gasteiger partial charge in [-0.15, -0.1) is 11.3 Å². The zero-order valence-electron chi connectivity index (χ0n) is 15.5. The highest BCUT2D eigenvalue weighted by Gasteiger charge is 2.36. The van der Waals surface area contributed by atoms with Gasteiger partial charge in [-0.1, -0.05) is 6.07 Å². The van der Waals surface area contributed by atoms with E-state index in [0.29, 0.717) is 23.8 Å². The molecule has 7 heteroatoms. The van der Waals surface area contributed by atoms with Crippen molar-refractivity contribution in [2.24, 2.45) is 0 Å². The summed E-state index contributed by atoms with van der Waals surface area (Å²) in [6, 6.07) is 9.79. The number of amides is 1. The third-order valence-electron chi connectivity index (χ3n) is 4.68. The maximum Gasteiger partial charge on any atom is 0.254 e. The van der Waals surface area contributed by atoms with Crippen LogP contribution in [-0.2, 0) is 4.79 Å². The second-order valence-electron chi connectivity index (χ2n) is 6.19. The molecule has 0 bridgehead atoms. The lowest BCUT2D eigenvalue weighted by atomic mass is 9.98. The van der Waals surface area contributed by atoms with E-state index in [-0.39, 0.29) is 17.8 Å². The largest absolute Gasteiger partial charge is 0.350 e. The van der Waals surface area contributed by atoms with Gasteiger partial charge in [0.15, 0.2) is 5.11 Å². The summed E-state index contributed by atoms with van der Waals surface area (Å²) in [7, 11) is 0. The van der Waals surface area contributed by atoms with Crippen LogP contribution in [0.1, 0.15) is 31.7 Å². The number of rotatable bonds is 5. The Balaban J connectivity index is 2.13. The molecule has 0 unspecified atom stereocenters. The first-order valence-corrected chi connectivity index (χ1v) is 10.2. The number of hydrogen-bond acceptors (Lipinski definition) is 3. The molecule has 0 aliphatic carbocycles. The minimum atomic E-state index is -0.313. The van der Waals surface area contributed by atoms with E-state index in [0.717, 1.165) is 16.3 Å². The molecule has 1 amide bonds. The van der Waals surface area contributed by atoms with Crippen LogP contribution in [0.25, 0.3) is 0 Å². The Labute approximate surface area is 168 Å². The standard InChI is InChI=1S/C20H22FN3OS2/c1-4-23(5-2)19(25)17-13(3)24(15-10-8-14(21)9-11-15)20(26)22-18(17)16-7-6-12-27-16/h6-12,18H,4-5H2,1-3H3,(H,22,26)/t18-/m1/s1. The van der Waals surface area contributed by atoms with Gasteiger partial charge in [-0.05, 0) is 68.7 Å². The number of likely N-dealkylation sites (N-methyl/N-ethyl adjacent to an activating group) is 1. The first-order chi connectivity index (χ1) is 13.0. The molecule has 1 aliphatic heterocycles. The summed E-state index contributed by atoms with van der Waals surface area (Å²) in [6.45, 7) is 7.09. The maximum atomic E-state index is 13.4. The Morgan fingerprint density at radius 3 is 2.48 bits per heavy atom. The Morgan fingerprint density at radius 1 is 1.26 bits per heavy atom. The van der Waals surface area contributed by atoms with Crippen molar-refractivity contribution < 1.29 is 9.18 Å². The molecule has 142 valence electrons. The van der Waals surface area contributed by atoms with Gasteiger partial charge in [0, 0.05) is 29.4 Å². The van der Waals surface area contributed by atoms with Gasteiger partial charge in [0.1, 0.15) is 5.82 Å². The molecule has 0 spiro atoms. The lowest BCUT2D eigenvalue weighted by Gasteiger charge is -2.38. The number of thiophene rings is 1. The van der Waals surface area contributed by atoms with Crippen molar-refractivity contribution in [3.05, 3.63) is 63.7 Å². The topological polar surface area (TPSA) is 35.6 Å². The minimum Gasteiger partial charge on any atom is -0.350 e. The van der Waals surface area contributed by atoms with Gasteiger partial charge in [0.05, 0.1) is 11.6 Å². The molecular weight excluding hydrogens is 381 g/mol. The molecule has 1 N–H and O–H groups in total. The van der Waals surface area contributed by atoms with Crippen LogP contribution in [0.5, 0.6) is 0 Å². The highest BCUT2D eigenvalue weighted by atomic mass is 32.1. The third kappa shape index (κ3) is 3.75. The highest BCUT2D eigenvalue weighted by molar-refractivity contribution is 7.80. The van der Waals surface area contributed by atoms with Crippen LogP contribution >= 0.6 is 23.6 Å². The minimum absolute atomic E-state index is 0.0157. The quantitative estimate of drug-likeness (QED) is 0.748. The zero-order valence-corrected chi connectivity index (χ0v) is 17.2. The number of nitrogens with zero attached hydrogens (tertiary/aromatic N) is 2. The van der Waals surface area contributed by atoms with E-state index in [1.807, 2.05) is 38.3 Å². The van der Waals surface area contributed by atoms with Crippen molar-refractivity contribution in [1.82, 2.24) is 10.2 Å². The number of nitrogens with one attached hydrogen (secondary N) is 1. The number of thiocarbonyl (C=S) groups is 1. The molecule has 4 nitrogen and oxygen atoms in total. The van der Waals surface area contributed by atoms with Gasteiger partial charge in [0.2, 0.25) is 0 Å². The molecule has 1 aliphatic rings. The first-order valence-electron chi connectivity index (χ1n) is 8.87. The van der Waals surface area contributed by atoms with Crippen molar-refractivity contribution in [3.8, 4) is 0 Å². The van der Waals surface area contributed by atoms with Gasteiger partial charge in [-0.3, -0.25) is 9.69 Å². The van der Waals surface area contributed by atoms with Crippen molar-refractivity contribution >= 4 is 40.3 Å². The summed E-state index contributed by atoms with van der Waals surface area (Å²) in [5.41, 5.74) is 2.15. The Morgan fingerprint density at radius 2 is 1.93 bits per heavy atom.